The second kappa shape index (κ2) is 8.28. The molecule has 1 amide bonds. The number of fused-ring (bicyclic) bond motifs is 1. The van der Waals surface area contributed by atoms with Crippen molar-refractivity contribution in [3.05, 3.63) is 57.0 Å². The maximum atomic E-state index is 13.0. The number of aromatic hydroxyl groups is 1. The first kappa shape index (κ1) is 21.5. The van der Waals surface area contributed by atoms with Crippen molar-refractivity contribution in [2.75, 3.05) is 19.4 Å². The number of carboxylic acid groups (broad SMARTS) is 1. The van der Waals surface area contributed by atoms with Crippen molar-refractivity contribution < 1.29 is 33.0 Å². The molecular formula is C19H20N2O8S. The van der Waals surface area contributed by atoms with Crippen LogP contribution in [0.25, 0.3) is 0 Å². The van der Waals surface area contributed by atoms with E-state index >= 15 is 0 Å². The summed E-state index contributed by atoms with van der Waals surface area (Å²) in [5, 5.41) is 21.3. The normalized spacial score (nSPS) is 13.5. The number of nitrogens with zero attached hydrogens (tertiary/aromatic N) is 1. The van der Waals surface area contributed by atoms with Gasteiger partial charge in [0.05, 0.1) is 24.7 Å². The Labute approximate surface area is 171 Å². The minimum atomic E-state index is -3.37. The van der Waals surface area contributed by atoms with E-state index in [0.29, 0.717) is 24.3 Å². The molecule has 1 aromatic heterocycles. The van der Waals surface area contributed by atoms with Crippen LogP contribution in [0.15, 0.2) is 34.0 Å². The van der Waals surface area contributed by atoms with Gasteiger partial charge in [0.2, 0.25) is 0 Å². The number of hydrogen-bond acceptors (Lipinski definition) is 7. The van der Waals surface area contributed by atoms with Crippen LogP contribution in [0.1, 0.15) is 27.2 Å². The highest BCUT2D eigenvalue weighted by Crippen LogP contribution is 2.28. The van der Waals surface area contributed by atoms with Crippen LogP contribution in [-0.2, 0) is 38.9 Å². The van der Waals surface area contributed by atoms with Crippen molar-refractivity contribution in [2.45, 2.75) is 24.5 Å². The molecule has 1 aliphatic rings. The number of carboxylic acids is 1. The number of benzene rings is 1. The molecule has 1 aromatic carbocycles. The third-order valence-electron chi connectivity index (χ3n) is 4.70. The molecule has 11 heteroatoms. The van der Waals surface area contributed by atoms with Gasteiger partial charge in [-0.3, -0.25) is 14.4 Å². The molecule has 0 radical (unpaired) electrons. The number of amides is 1. The lowest BCUT2D eigenvalue weighted by atomic mass is 10.0. The SMILES string of the molecule is CS(=O)(=O)c1ccc(Cn2c3c(c(O)c(C(=O)NCC(=O)O)c2=O)COCC3)cc1. The summed E-state index contributed by atoms with van der Waals surface area (Å²) >= 11 is 0. The average molecular weight is 436 g/mol. The third-order valence-corrected chi connectivity index (χ3v) is 5.83. The van der Waals surface area contributed by atoms with E-state index in [-0.39, 0.29) is 23.6 Å². The number of ether oxygens (including phenoxy) is 1. The van der Waals surface area contributed by atoms with Crippen LogP contribution in [-0.4, -0.2) is 54.5 Å². The van der Waals surface area contributed by atoms with Crippen LogP contribution in [0.3, 0.4) is 0 Å². The molecule has 0 saturated carbocycles. The highest BCUT2D eigenvalue weighted by atomic mass is 32.2. The number of sulfone groups is 1. The van der Waals surface area contributed by atoms with Gasteiger partial charge in [-0.05, 0) is 17.7 Å². The monoisotopic (exact) mass is 436 g/mol. The molecule has 3 rings (SSSR count). The fraction of sp³-hybridized carbons (Fsp3) is 0.316. The van der Waals surface area contributed by atoms with E-state index in [0.717, 1.165) is 6.26 Å². The Morgan fingerprint density at radius 2 is 1.90 bits per heavy atom. The Hall–Kier alpha value is -3.18. The van der Waals surface area contributed by atoms with Crippen molar-refractivity contribution in [1.29, 1.82) is 0 Å². The van der Waals surface area contributed by atoms with Crippen LogP contribution in [0.4, 0.5) is 0 Å². The molecule has 160 valence electrons. The second-order valence-corrected chi connectivity index (χ2v) is 8.85. The standard InChI is InChI=1S/C19H20N2O8S/c1-30(27,28)12-4-2-11(3-5-12)9-21-14-6-7-29-10-13(14)17(24)16(19(21)26)18(25)20-8-15(22)23/h2-5,24H,6-10H2,1H3,(H,20,25)(H,22,23). The maximum absolute atomic E-state index is 13.0. The largest absolute Gasteiger partial charge is 0.506 e. The van der Waals surface area contributed by atoms with Crippen molar-refractivity contribution in [3.63, 3.8) is 0 Å². The minimum absolute atomic E-state index is 0.00628. The maximum Gasteiger partial charge on any atom is 0.322 e. The Kier molecular flexibility index (Phi) is 5.94. The zero-order valence-electron chi connectivity index (χ0n) is 16.0. The number of hydrogen-bond donors (Lipinski definition) is 3. The van der Waals surface area contributed by atoms with Gasteiger partial charge in [-0.2, -0.15) is 0 Å². The van der Waals surface area contributed by atoms with Crippen LogP contribution < -0.4 is 10.9 Å². The van der Waals surface area contributed by atoms with Crippen LogP contribution in [0.2, 0.25) is 0 Å². The molecular weight excluding hydrogens is 416 g/mol. The third kappa shape index (κ3) is 4.36. The Morgan fingerprint density at radius 1 is 1.23 bits per heavy atom. The van der Waals surface area contributed by atoms with E-state index in [1.807, 2.05) is 0 Å². The Bertz CT molecular complexity index is 1170. The van der Waals surface area contributed by atoms with Gasteiger partial charge in [0.1, 0.15) is 17.9 Å². The second-order valence-electron chi connectivity index (χ2n) is 6.84. The zero-order chi connectivity index (χ0) is 22.1. The van der Waals surface area contributed by atoms with E-state index in [1.54, 1.807) is 12.1 Å². The van der Waals surface area contributed by atoms with Gasteiger partial charge in [-0.25, -0.2) is 8.42 Å². The molecule has 0 saturated heterocycles. The number of nitrogens with one attached hydrogen (secondary N) is 1. The van der Waals surface area contributed by atoms with Crippen LogP contribution >= 0.6 is 0 Å². The molecule has 0 fully saturated rings. The van der Waals surface area contributed by atoms with Gasteiger partial charge in [0.25, 0.3) is 11.5 Å². The first-order valence-corrected chi connectivity index (χ1v) is 10.8. The van der Waals surface area contributed by atoms with Gasteiger partial charge in [-0.1, -0.05) is 12.1 Å². The number of pyridine rings is 1. The van der Waals surface area contributed by atoms with Crippen LogP contribution in [0, 0.1) is 0 Å². The van der Waals surface area contributed by atoms with Gasteiger partial charge in [0, 0.05) is 23.9 Å². The van der Waals surface area contributed by atoms with Gasteiger partial charge < -0.3 is 24.8 Å². The van der Waals surface area contributed by atoms with E-state index < -0.39 is 45.1 Å². The Balaban J connectivity index is 2.07. The molecule has 2 aromatic rings. The lowest BCUT2D eigenvalue weighted by Gasteiger charge is -2.24. The topological polar surface area (TPSA) is 152 Å². The van der Waals surface area contributed by atoms with Crippen molar-refractivity contribution in [2.24, 2.45) is 0 Å². The molecule has 0 atom stereocenters. The summed E-state index contributed by atoms with van der Waals surface area (Å²) in [4.78, 5) is 36.3. The predicted octanol–water partition coefficient (Wildman–Crippen LogP) is -0.107. The number of aliphatic carboxylic acids is 1. The fourth-order valence-electron chi connectivity index (χ4n) is 3.23. The molecule has 2 heterocycles. The van der Waals surface area contributed by atoms with Crippen LogP contribution in [0.5, 0.6) is 5.75 Å². The highest BCUT2D eigenvalue weighted by molar-refractivity contribution is 7.90. The molecule has 0 unspecified atom stereocenters. The summed E-state index contributed by atoms with van der Waals surface area (Å²) in [6, 6.07) is 5.97. The molecule has 0 aliphatic carbocycles. The minimum Gasteiger partial charge on any atom is -0.506 e. The summed E-state index contributed by atoms with van der Waals surface area (Å²) < 4.78 is 29.9. The molecule has 30 heavy (non-hydrogen) atoms. The molecule has 0 bridgehead atoms. The summed E-state index contributed by atoms with van der Waals surface area (Å²) in [7, 11) is -3.37. The summed E-state index contributed by atoms with van der Waals surface area (Å²) in [6.07, 6.45) is 1.42. The summed E-state index contributed by atoms with van der Waals surface area (Å²) in [6.45, 7) is -0.361. The highest BCUT2D eigenvalue weighted by Gasteiger charge is 2.28. The van der Waals surface area contributed by atoms with Gasteiger partial charge >= 0.3 is 5.97 Å². The van der Waals surface area contributed by atoms with Gasteiger partial charge in [0.15, 0.2) is 9.84 Å². The van der Waals surface area contributed by atoms with E-state index in [1.165, 1.54) is 16.7 Å². The first-order valence-electron chi connectivity index (χ1n) is 8.94. The fourth-order valence-corrected chi connectivity index (χ4v) is 3.86. The smallest absolute Gasteiger partial charge is 0.322 e. The number of carbonyl (C=O) groups excluding carboxylic acids is 1. The Morgan fingerprint density at radius 3 is 2.50 bits per heavy atom. The van der Waals surface area contributed by atoms with E-state index in [4.69, 9.17) is 9.84 Å². The summed E-state index contributed by atoms with van der Waals surface area (Å²) in [5.41, 5.74) is 0.0667. The number of rotatable bonds is 6. The molecule has 3 N–H and O–H groups in total. The van der Waals surface area contributed by atoms with E-state index in [2.05, 4.69) is 5.32 Å². The average Bonchev–Trinajstić information content (AvgIpc) is 2.69. The number of aromatic nitrogens is 1. The van der Waals surface area contributed by atoms with Crippen molar-refractivity contribution in [3.8, 4) is 5.75 Å². The lowest BCUT2D eigenvalue weighted by molar-refractivity contribution is -0.135. The van der Waals surface area contributed by atoms with Gasteiger partial charge in [-0.15, -0.1) is 0 Å². The number of carbonyl (C=O) groups is 2. The van der Waals surface area contributed by atoms with E-state index in [9.17, 15) is 27.9 Å². The predicted molar refractivity (Wildman–Crippen MR) is 104 cm³/mol. The quantitative estimate of drug-likeness (QED) is 0.567. The van der Waals surface area contributed by atoms with Crippen molar-refractivity contribution in [1.82, 2.24) is 9.88 Å². The lowest BCUT2D eigenvalue weighted by Crippen LogP contribution is -2.38. The zero-order valence-corrected chi connectivity index (χ0v) is 16.9. The first-order chi connectivity index (χ1) is 14.1. The van der Waals surface area contributed by atoms with Crippen molar-refractivity contribution >= 4 is 21.7 Å². The molecule has 1 aliphatic heterocycles. The molecule has 10 nitrogen and oxygen atoms in total. The summed E-state index contributed by atoms with van der Waals surface area (Å²) in [5.74, 6) is -2.83. The molecule has 0 spiro atoms.